The van der Waals surface area contributed by atoms with Gasteiger partial charge in [0.25, 0.3) is 0 Å². The molecule has 3 amide bonds. The lowest BCUT2D eigenvalue weighted by Gasteiger charge is -2.34. The van der Waals surface area contributed by atoms with Gasteiger partial charge in [-0.25, -0.2) is 9.18 Å². The number of carbonyl (C=O) groups is 5. The zero-order chi connectivity index (χ0) is 32.8. The summed E-state index contributed by atoms with van der Waals surface area (Å²) in [6.07, 6.45) is 1.25. The Kier molecular flexibility index (Phi) is 16.4. The van der Waals surface area contributed by atoms with Crippen LogP contribution in [0, 0.1) is 0 Å². The standard InChI is InChI=1S/C29H38Cl2FN3O7S2/c1-18(2)43-44-26(19(3)34(4)17-36)10-12-41-27(38)14-23(25(37)15-32)33-28(39)24-7-5-6-11-35(24)29(40)42-16-20-8-9-21(30)22(31)13-20/h8-9,13,17-18,23-24H,5-7,10-12,14-16H2,1-4H3,(H,33,39)/t23?,24-/m0/s1. The molecule has 2 atom stereocenters. The molecular formula is C29H38Cl2FN3O7S2. The van der Waals surface area contributed by atoms with Crippen LogP contribution in [0.15, 0.2) is 28.8 Å². The summed E-state index contributed by atoms with van der Waals surface area (Å²) in [7, 11) is 4.69. The Labute approximate surface area is 275 Å². The Morgan fingerprint density at radius 3 is 2.55 bits per heavy atom. The fourth-order valence-electron chi connectivity index (χ4n) is 4.08. The smallest absolute Gasteiger partial charge is 0.410 e. The van der Waals surface area contributed by atoms with Crippen LogP contribution in [0.1, 0.15) is 58.4 Å². The number of rotatable bonds is 16. The lowest BCUT2D eigenvalue weighted by atomic mass is 10.0. The van der Waals surface area contributed by atoms with E-state index >= 15 is 0 Å². The quantitative estimate of drug-likeness (QED) is 0.127. The topological polar surface area (TPSA) is 122 Å². The van der Waals surface area contributed by atoms with Crippen LogP contribution in [0.3, 0.4) is 0 Å². The summed E-state index contributed by atoms with van der Waals surface area (Å²) in [6.45, 7) is 4.52. The van der Waals surface area contributed by atoms with Crippen molar-refractivity contribution in [2.24, 2.45) is 0 Å². The first-order valence-corrected chi connectivity index (χ1v) is 17.0. The summed E-state index contributed by atoms with van der Waals surface area (Å²) in [5, 5.41) is 3.41. The van der Waals surface area contributed by atoms with Crippen LogP contribution in [0.5, 0.6) is 0 Å². The molecule has 1 N–H and O–H groups in total. The first kappa shape index (κ1) is 37.7. The number of benzene rings is 1. The van der Waals surface area contributed by atoms with Gasteiger partial charge in [0.05, 0.1) is 23.1 Å². The number of amides is 3. The Morgan fingerprint density at radius 1 is 1.18 bits per heavy atom. The minimum atomic E-state index is -1.47. The van der Waals surface area contributed by atoms with Crippen LogP contribution in [-0.4, -0.2) is 84.2 Å². The maximum Gasteiger partial charge on any atom is 0.410 e. The van der Waals surface area contributed by atoms with Crippen LogP contribution < -0.4 is 5.32 Å². The van der Waals surface area contributed by atoms with Gasteiger partial charge in [0, 0.05) is 35.9 Å². The predicted molar refractivity (Wildman–Crippen MR) is 171 cm³/mol. The molecule has 44 heavy (non-hydrogen) atoms. The van der Waals surface area contributed by atoms with E-state index in [1.807, 2.05) is 13.8 Å². The fourth-order valence-corrected chi connectivity index (χ4v) is 6.68. The van der Waals surface area contributed by atoms with Crippen LogP contribution in [0.4, 0.5) is 9.18 Å². The lowest BCUT2D eigenvalue weighted by molar-refractivity contribution is -0.146. The number of carbonyl (C=O) groups excluding carboxylic acids is 5. The molecule has 0 spiro atoms. The monoisotopic (exact) mass is 693 g/mol. The predicted octanol–water partition coefficient (Wildman–Crippen LogP) is 5.94. The molecule has 1 unspecified atom stereocenters. The van der Waals surface area contributed by atoms with Gasteiger partial charge >= 0.3 is 12.1 Å². The largest absolute Gasteiger partial charge is 0.465 e. The van der Waals surface area contributed by atoms with Crippen molar-refractivity contribution in [3.8, 4) is 0 Å². The highest BCUT2D eigenvalue weighted by atomic mass is 35.5. The SMILES string of the molecule is CC(=C(CCOC(=O)CC(NC(=O)[C@@H]1CCCCN1C(=O)OCc1ccc(Cl)c(Cl)c1)C(=O)CF)SSC(C)C)N(C)C=O. The van der Waals surface area contributed by atoms with E-state index in [4.69, 9.17) is 32.7 Å². The molecular weight excluding hydrogens is 656 g/mol. The maximum absolute atomic E-state index is 13.4. The number of likely N-dealkylation sites (tertiary alicyclic amines) is 1. The normalized spacial score (nSPS) is 16.1. The van der Waals surface area contributed by atoms with Gasteiger partial charge in [-0.1, -0.05) is 64.7 Å². The van der Waals surface area contributed by atoms with E-state index in [9.17, 15) is 28.4 Å². The number of esters is 1. The number of nitrogens with zero attached hydrogens (tertiary/aromatic N) is 2. The second kappa shape index (κ2) is 19.1. The Hall–Kier alpha value is -2.48. The van der Waals surface area contributed by atoms with Gasteiger partial charge in [0.1, 0.15) is 25.4 Å². The first-order chi connectivity index (χ1) is 20.9. The molecule has 15 heteroatoms. The first-order valence-electron chi connectivity index (χ1n) is 14.0. The molecule has 1 aliphatic rings. The van der Waals surface area contributed by atoms with Crippen molar-refractivity contribution in [3.05, 3.63) is 44.4 Å². The van der Waals surface area contributed by atoms with E-state index in [0.717, 1.165) is 4.91 Å². The number of hydrogen-bond acceptors (Lipinski definition) is 9. The number of ether oxygens (including phenoxy) is 2. The highest BCUT2D eigenvalue weighted by Gasteiger charge is 2.35. The number of ketones is 1. The van der Waals surface area contributed by atoms with Crippen molar-refractivity contribution in [1.82, 2.24) is 15.1 Å². The van der Waals surface area contributed by atoms with E-state index in [0.29, 0.717) is 58.6 Å². The number of allylic oxidation sites excluding steroid dienone is 1. The molecule has 1 fully saturated rings. The Morgan fingerprint density at radius 2 is 1.91 bits per heavy atom. The van der Waals surface area contributed by atoms with Gasteiger partial charge in [0.15, 0.2) is 5.78 Å². The molecule has 0 bridgehead atoms. The van der Waals surface area contributed by atoms with E-state index in [2.05, 4.69) is 5.32 Å². The second-order valence-electron chi connectivity index (χ2n) is 10.3. The van der Waals surface area contributed by atoms with Crippen LogP contribution in [0.2, 0.25) is 10.0 Å². The molecule has 244 valence electrons. The molecule has 0 aliphatic carbocycles. The average Bonchev–Trinajstić information content (AvgIpc) is 3.01. The molecule has 0 aromatic heterocycles. The summed E-state index contributed by atoms with van der Waals surface area (Å²) in [4.78, 5) is 65.8. The summed E-state index contributed by atoms with van der Waals surface area (Å²) in [6, 6.07) is 2.34. The number of nitrogens with one attached hydrogen (secondary N) is 1. The summed E-state index contributed by atoms with van der Waals surface area (Å²) < 4.78 is 24.1. The molecule has 1 aliphatic heterocycles. The molecule has 0 saturated carbocycles. The Balaban J connectivity index is 2.01. The van der Waals surface area contributed by atoms with E-state index in [1.54, 1.807) is 43.0 Å². The van der Waals surface area contributed by atoms with Crippen molar-refractivity contribution in [2.75, 3.05) is 26.9 Å². The molecule has 2 rings (SSSR count). The zero-order valence-electron chi connectivity index (χ0n) is 25.1. The van der Waals surface area contributed by atoms with Crippen molar-refractivity contribution in [3.63, 3.8) is 0 Å². The molecule has 1 saturated heterocycles. The van der Waals surface area contributed by atoms with Gasteiger partial charge in [-0.15, -0.1) is 0 Å². The molecule has 10 nitrogen and oxygen atoms in total. The van der Waals surface area contributed by atoms with E-state index in [1.165, 1.54) is 20.6 Å². The van der Waals surface area contributed by atoms with Gasteiger partial charge in [-0.3, -0.25) is 24.1 Å². The van der Waals surface area contributed by atoms with Gasteiger partial charge < -0.3 is 19.7 Å². The highest BCUT2D eigenvalue weighted by Crippen LogP contribution is 2.37. The number of alkyl halides is 1. The number of hydrogen-bond donors (Lipinski definition) is 1. The average molecular weight is 695 g/mol. The minimum Gasteiger partial charge on any atom is -0.465 e. The van der Waals surface area contributed by atoms with Crippen LogP contribution in [-0.2, 0) is 35.3 Å². The molecule has 1 aromatic carbocycles. The van der Waals surface area contributed by atoms with Crippen LogP contribution in [0.25, 0.3) is 0 Å². The Bertz CT molecular complexity index is 1220. The maximum atomic E-state index is 13.4. The van der Waals surface area contributed by atoms with Crippen molar-refractivity contribution < 1.29 is 37.8 Å². The summed E-state index contributed by atoms with van der Waals surface area (Å²) in [5.74, 6) is -2.50. The second-order valence-corrected chi connectivity index (χ2v) is 14.0. The van der Waals surface area contributed by atoms with E-state index in [-0.39, 0.29) is 19.8 Å². The summed E-state index contributed by atoms with van der Waals surface area (Å²) >= 11 is 11.9. The van der Waals surface area contributed by atoms with Crippen LogP contribution >= 0.6 is 44.8 Å². The van der Waals surface area contributed by atoms with Crippen molar-refractivity contribution >= 4 is 75.0 Å². The van der Waals surface area contributed by atoms with Gasteiger partial charge in [-0.2, -0.15) is 0 Å². The van der Waals surface area contributed by atoms with Crippen molar-refractivity contribution in [1.29, 1.82) is 0 Å². The lowest BCUT2D eigenvalue weighted by Crippen LogP contribution is -2.55. The number of Topliss-reactive ketones (excluding diaryl/α,β-unsaturated/α-hetero) is 1. The third-order valence-electron chi connectivity index (χ3n) is 6.62. The number of piperidine rings is 1. The minimum absolute atomic E-state index is 0.0462. The number of halogens is 3. The third-order valence-corrected chi connectivity index (χ3v) is 10.6. The zero-order valence-corrected chi connectivity index (χ0v) is 28.3. The molecule has 0 radical (unpaired) electrons. The van der Waals surface area contributed by atoms with Crippen molar-refractivity contribution in [2.45, 2.75) is 76.8 Å². The molecule has 1 aromatic rings. The fraction of sp³-hybridized carbons (Fsp3) is 0.552. The van der Waals surface area contributed by atoms with Gasteiger partial charge in [-0.05, 0) is 43.9 Å². The molecule has 1 heterocycles. The van der Waals surface area contributed by atoms with Gasteiger partial charge in [0.2, 0.25) is 12.3 Å². The summed E-state index contributed by atoms with van der Waals surface area (Å²) in [5.41, 5.74) is 1.31. The third kappa shape index (κ3) is 12.1. The highest BCUT2D eigenvalue weighted by molar-refractivity contribution is 8.78. The van der Waals surface area contributed by atoms with E-state index < -0.39 is 48.9 Å².